The predicted octanol–water partition coefficient (Wildman–Crippen LogP) is 2.30. The number of ether oxygens (including phenoxy) is 2. The standard InChI is InChI=1S/C15H30N2O3/c1-11(2)13(16-9-12-7-6-8-19-12)10-17-14(18)20-15(3,4)5/h11-13,16H,6-10H2,1-5H3,(H,17,18). The van der Waals surface area contributed by atoms with Crippen molar-refractivity contribution < 1.29 is 14.3 Å². The Morgan fingerprint density at radius 3 is 2.60 bits per heavy atom. The molecule has 1 aliphatic heterocycles. The molecule has 5 heteroatoms. The summed E-state index contributed by atoms with van der Waals surface area (Å²) in [6, 6.07) is 0.228. The van der Waals surface area contributed by atoms with Crippen molar-refractivity contribution in [2.45, 2.75) is 65.2 Å². The average molecular weight is 286 g/mol. The van der Waals surface area contributed by atoms with Crippen LogP contribution in [0.3, 0.4) is 0 Å². The molecule has 0 aliphatic carbocycles. The van der Waals surface area contributed by atoms with Gasteiger partial charge in [-0.1, -0.05) is 13.8 Å². The van der Waals surface area contributed by atoms with Gasteiger partial charge in [0, 0.05) is 25.7 Å². The summed E-state index contributed by atoms with van der Waals surface area (Å²) in [5.41, 5.74) is -0.456. The third kappa shape index (κ3) is 7.10. The van der Waals surface area contributed by atoms with Gasteiger partial charge in [0.1, 0.15) is 5.60 Å². The Kier molecular flexibility index (Phi) is 6.76. The molecule has 1 rings (SSSR count). The van der Waals surface area contributed by atoms with E-state index in [0.717, 1.165) is 26.0 Å². The number of carbonyl (C=O) groups is 1. The Morgan fingerprint density at radius 2 is 2.10 bits per heavy atom. The lowest BCUT2D eigenvalue weighted by atomic mass is 10.0. The van der Waals surface area contributed by atoms with Crippen molar-refractivity contribution in [3.63, 3.8) is 0 Å². The van der Waals surface area contributed by atoms with Gasteiger partial charge in [0.15, 0.2) is 0 Å². The van der Waals surface area contributed by atoms with Crippen molar-refractivity contribution in [3.8, 4) is 0 Å². The monoisotopic (exact) mass is 286 g/mol. The molecule has 1 amide bonds. The molecule has 2 atom stereocenters. The van der Waals surface area contributed by atoms with E-state index in [1.54, 1.807) is 0 Å². The number of hydrogen-bond acceptors (Lipinski definition) is 4. The van der Waals surface area contributed by atoms with Crippen molar-refractivity contribution in [2.24, 2.45) is 5.92 Å². The van der Waals surface area contributed by atoms with Crippen LogP contribution in [-0.2, 0) is 9.47 Å². The van der Waals surface area contributed by atoms with Crippen LogP contribution in [-0.4, -0.2) is 43.5 Å². The fraction of sp³-hybridized carbons (Fsp3) is 0.933. The van der Waals surface area contributed by atoms with Gasteiger partial charge < -0.3 is 20.1 Å². The van der Waals surface area contributed by atoms with Crippen LogP contribution in [0.15, 0.2) is 0 Å². The molecule has 1 heterocycles. The lowest BCUT2D eigenvalue weighted by Gasteiger charge is -2.25. The zero-order valence-electron chi connectivity index (χ0n) is 13.5. The summed E-state index contributed by atoms with van der Waals surface area (Å²) in [7, 11) is 0. The van der Waals surface area contributed by atoms with Crippen LogP contribution in [0.1, 0.15) is 47.5 Å². The van der Waals surface area contributed by atoms with Gasteiger partial charge in [-0.15, -0.1) is 0 Å². The highest BCUT2D eigenvalue weighted by Gasteiger charge is 2.21. The molecule has 0 bridgehead atoms. The molecule has 118 valence electrons. The molecule has 5 nitrogen and oxygen atoms in total. The normalized spacial score (nSPS) is 21.0. The number of amides is 1. The largest absolute Gasteiger partial charge is 0.444 e. The van der Waals surface area contributed by atoms with Crippen molar-refractivity contribution in [2.75, 3.05) is 19.7 Å². The lowest BCUT2D eigenvalue weighted by molar-refractivity contribution is 0.0517. The van der Waals surface area contributed by atoms with Crippen LogP contribution in [0.4, 0.5) is 4.79 Å². The molecule has 1 saturated heterocycles. The van der Waals surface area contributed by atoms with E-state index in [1.807, 2.05) is 20.8 Å². The molecule has 0 aromatic heterocycles. The number of hydrogen-bond donors (Lipinski definition) is 2. The minimum absolute atomic E-state index is 0.228. The Labute approximate surface area is 122 Å². The second-order valence-electron chi connectivity index (χ2n) is 6.78. The molecule has 0 aromatic carbocycles. The summed E-state index contributed by atoms with van der Waals surface area (Å²) in [5.74, 6) is 0.436. The molecule has 2 N–H and O–H groups in total. The maximum atomic E-state index is 11.7. The van der Waals surface area contributed by atoms with Crippen LogP contribution in [0.5, 0.6) is 0 Å². The minimum Gasteiger partial charge on any atom is -0.444 e. The van der Waals surface area contributed by atoms with Crippen LogP contribution >= 0.6 is 0 Å². The van der Waals surface area contributed by atoms with Crippen molar-refractivity contribution in [1.82, 2.24) is 10.6 Å². The summed E-state index contributed by atoms with van der Waals surface area (Å²) >= 11 is 0. The minimum atomic E-state index is -0.456. The Hall–Kier alpha value is -0.810. The first-order valence-electron chi connectivity index (χ1n) is 7.60. The summed E-state index contributed by atoms with van der Waals surface area (Å²) in [6.07, 6.45) is 2.23. The Bertz CT molecular complexity index is 294. The molecular weight excluding hydrogens is 256 g/mol. The highest BCUT2D eigenvalue weighted by Crippen LogP contribution is 2.12. The van der Waals surface area contributed by atoms with Gasteiger partial charge in [0.05, 0.1) is 6.10 Å². The fourth-order valence-electron chi connectivity index (χ4n) is 2.14. The average Bonchev–Trinajstić information content (AvgIpc) is 2.78. The fourth-order valence-corrected chi connectivity index (χ4v) is 2.14. The van der Waals surface area contributed by atoms with Crippen molar-refractivity contribution >= 4 is 6.09 Å². The Morgan fingerprint density at radius 1 is 1.40 bits per heavy atom. The second kappa shape index (κ2) is 7.84. The van der Waals surface area contributed by atoms with Gasteiger partial charge in [-0.25, -0.2) is 4.79 Å². The quantitative estimate of drug-likeness (QED) is 0.786. The lowest BCUT2D eigenvalue weighted by Crippen LogP contribution is -2.47. The highest BCUT2D eigenvalue weighted by molar-refractivity contribution is 5.67. The molecule has 0 saturated carbocycles. The van der Waals surface area contributed by atoms with Gasteiger partial charge in [-0.05, 0) is 39.5 Å². The van der Waals surface area contributed by atoms with E-state index < -0.39 is 5.60 Å². The van der Waals surface area contributed by atoms with Gasteiger partial charge >= 0.3 is 6.09 Å². The van der Waals surface area contributed by atoms with Crippen LogP contribution in [0.25, 0.3) is 0 Å². The van der Waals surface area contributed by atoms with Crippen molar-refractivity contribution in [1.29, 1.82) is 0 Å². The number of alkyl carbamates (subject to hydrolysis) is 1. The molecule has 0 radical (unpaired) electrons. The van der Waals surface area contributed by atoms with E-state index >= 15 is 0 Å². The molecule has 20 heavy (non-hydrogen) atoms. The first-order valence-corrected chi connectivity index (χ1v) is 7.60. The maximum Gasteiger partial charge on any atom is 0.407 e. The zero-order valence-corrected chi connectivity index (χ0v) is 13.5. The summed E-state index contributed by atoms with van der Waals surface area (Å²) in [5, 5.41) is 6.32. The van der Waals surface area contributed by atoms with Crippen LogP contribution in [0.2, 0.25) is 0 Å². The van der Waals surface area contributed by atoms with Gasteiger partial charge in [0.25, 0.3) is 0 Å². The third-order valence-corrected chi connectivity index (χ3v) is 3.30. The number of nitrogens with one attached hydrogen (secondary N) is 2. The van der Waals surface area contributed by atoms with E-state index in [2.05, 4.69) is 24.5 Å². The van der Waals surface area contributed by atoms with Crippen LogP contribution in [0, 0.1) is 5.92 Å². The molecule has 0 spiro atoms. The maximum absolute atomic E-state index is 11.7. The summed E-state index contributed by atoms with van der Waals surface area (Å²) in [4.78, 5) is 11.7. The molecule has 2 unspecified atom stereocenters. The zero-order chi connectivity index (χ0) is 15.2. The van der Waals surface area contributed by atoms with Gasteiger partial charge in [-0.2, -0.15) is 0 Å². The number of rotatable bonds is 6. The third-order valence-electron chi connectivity index (χ3n) is 3.30. The van der Waals surface area contributed by atoms with E-state index in [1.165, 1.54) is 0 Å². The predicted molar refractivity (Wildman–Crippen MR) is 79.8 cm³/mol. The summed E-state index contributed by atoms with van der Waals surface area (Å²) in [6.45, 7) is 12.2. The van der Waals surface area contributed by atoms with E-state index in [-0.39, 0.29) is 12.1 Å². The summed E-state index contributed by atoms with van der Waals surface area (Å²) < 4.78 is 10.8. The van der Waals surface area contributed by atoms with Crippen molar-refractivity contribution in [3.05, 3.63) is 0 Å². The molecular formula is C15H30N2O3. The topological polar surface area (TPSA) is 59.6 Å². The molecule has 0 aromatic rings. The second-order valence-corrected chi connectivity index (χ2v) is 6.78. The van der Waals surface area contributed by atoms with E-state index in [9.17, 15) is 4.79 Å². The smallest absolute Gasteiger partial charge is 0.407 e. The van der Waals surface area contributed by atoms with Crippen LogP contribution < -0.4 is 10.6 Å². The highest BCUT2D eigenvalue weighted by atomic mass is 16.6. The Balaban J connectivity index is 2.29. The molecule has 1 fully saturated rings. The van der Waals surface area contributed by atoms with E-state index in [4.69, 9.17) is 9.47 Å². The van der Waals surface area contributed by atoms with E-state index in [0.29, 0.717) is 18.6 Å². The van der Waals surface area contributed by atoms with Gasteiger partial charge in [0.2, 0.25) is 0 Å². The number of carbonyl (C=O) groups excluding carboxylic acids is 1. The van der Waals surface area contributed by atoms with Gasteiger partial charge in [-0.3, -0.25) is 0 Å². The first-order chi connectivity index (χ1) is 9.28. The first kappa shape index (κ1) is 17.2. The molecule has 1 aliphatic rings. The SMILES string of the molecule is CC(C)C(CNC(=O)OC(C)(C)C)NCC1CCCO1.